The summed E-state index contributed by atoms with van der Waals surface area (Å²) >= 11 is 0. The van der Waals surface area contributed by atoms with Gasteiger partial charge in [-0.2, -0.15) is 0 Å². The van der Waals surface area contributed by atoms with Gasteiger partial charge in [-0.1, -0.05) is 57.6 Å². The Balaban J connectivity index is 1.90. The second-order valence-corrected chi connectivity index (χ2v) is 7.47. The molecule has 2 rings (SSSR count). The molecule has 2 aromatic carbocycles. The Bertz CT molecular complexity index is 819. The van der Waals surface area contributed by atoms with Crippen LogP contribution in [0.4, 0.5) is 0 Å². The van der Waals surface area contributed by atoms with Gasteiger partial charge in [0.25, 0.3) is 0 Å². The molecule has 0 heterocycles. The molecule has 8 nitrogen and oxygen atoms in total. The number of unbranched alkanes of at least 4 members (excludes halogenated alkanes) is 6. The van der Waals surface area contributed by atoms with Crippen molar-refractivity contribution in [2.75, 3.05) is 14.2 Å². The monoisotopic (exact) mass is 472 g/mol. The maximum absolute atomic E-state index is 12.3. The molecule has 0 aliphatic rings. The molecule has 0 spiro atoms. The fourth-order valence-electron chi connectivity index (χ4n) is 3.02. The Morgan fingerprint density at radius 1 is 0.676 bits per heavy atom. The molecule has 8 heteroatoms. The van der Waals surface area contributed by atoms with Crippen molar-refractivity contribution in [1.29, 1.82) is 0 Å². The molecule has 0 saturated heterocycles. The van der Waals surface area contributed by atoms with Gasteiger partial charge in [0, 0.05) is 6.42 Å². The van der Waals surface area contributed by atoms with Gasteiger partial charge in [-0.15, -0.1) is 9.78 Å². The van der Waals surface area contributed by atoms with Crippen LogP contribution in [-0.4, -0.2) is 26.2 Å². The molecule has 0 saturated carbocycles. The second kappa shape index (κ2) is 15.7. The lowest BCUT2D eigenvalue weighted by atomic mass is 10.1. The summed E-state index contributed by atoms with van der Waals surface area (Å²) in [6.45, 7) is 3.84. The Morgan fingerprint density at radius 2 is 1.15 bits per heavy atom. The Kier molecular flexibility index (Phi) is 12.5. The third-order valence-electron chi connectivity index (χ3n) is 4.91. The highest BCUT2D eigenvalue weighted by molar-refractivity contribution is 5.90. The Morgan fingerprint density at radius 3 is 1.62 bits per heavy atom. The topological polar surface area (TPSA) is 89.5 Å². The van der Waals surface area contributed by atoms with Gasteiger partial charge in [-0.05, 0) is 42.8 Å². The number of carbonyl (C=O) groups excluding carboxylic acids is 2. The molecule has 0 unspecified atom stereocenters. The van der Waals surface area contributed by atoms with E-state index in [-0.39, 0.29) is 23.8 Å². The minimum absolute atomic E-state index is 0.134. The van der Waals surface area contributed by atoms with E-state index in [2.05, 4.69) is 6.92 Å². The fraction of sp³-hybridized carbons (Fsp3) is 0.385. The van der Waals surface area contributed by atoms with E-state index >= 15 is 0 Å². The molecule has 0 fully saturated rings. The van der Waals surface area contributed by atoms with Crippen molar-refractivity contribution in [2.45, 2.75) is 51.4 Å². The largest absolute Gasteiger partial charge is 0.497 e. The standard InChI is InChI=1S/C26H32O8/c1-4-5-6-7-8-9-10-17-24(31-33-25(27)20-13-11-15-22(18-20)29-2)32-34-26(28)21-14-12-16-23(19-21)30-3/h11-16,18-19H,1,4-10,17H2,2-3H3. The number of carbonyl (C=O) groups is 2. The van der Waals surface area contributed by atoms with Crippen molar-refractivity contribution >= 4 is 11.9 Å². The van der Waals surface area contributed by atoms with Crippen molar-refractivity contribution in [2.24, 2.45) is 0 Å². The van der Waals surface area contributed by atoms with E-state index in [4.69, 9.17) is 29.0 Å². The number of benzene rings is 2. The predicted molar refractivity (Wildman–Crippen MR) is 125 cm³/mol. The van der Waals surface area contributed by atoms with Gasteiger partial charge in [-0.25, -0.2) is 9.59 Å². The quantitative estimate of drug-likeness (QED) is 0.166. The molecular weight excluding hydrogens is 440 g/mol. The van der Waals surface area contributed by atoms with Gasteiger partial charge in [0.2, 0.25) is 0 Å². The van der Waals surface area contributed by atoms with Gasteiger partial charge in [0.05, 0.1) is 25.3 Å². The SMILES string of the molecule is [CH2]CCCCCCCC[C](OOC(=O)c1cccc(OC)c1)OOC(=O)c1cccc(OC)c1. The number of hydrogen-bond acceptors (Lipinski definition) is 8. The third kappa shape index (κ3) is 9.80. The van der Waals surface area contributed by atoms with E-state index in [1.807, 2.05) is 0 Å². The second-order valence-electron chi connectivity index (χ2n) is 7.47. The van der Waals surface area contributed by atoms with Crippen molar-refractivity contribution in [3.05, 3.63) is 72.9 Å². The molecule has 34 heavy (non-hydrogen) atoms. The van der Waals surface area contributed by atoms with Crippen molar-refractivity contribution in [1.82, 2.24) is 0 Å². The van der Waals surface area contributed by atoms with Crippen LogP contribution in [0.2, 0.25) is 0 Å². The van der Waals surface area contributed by atoms with Crippen molar-refractivity contribution < 1.29 is 38.6 Å². The molecule has 0 aromatic heterocycles. The number of hydrogen-bond donors (Lipinski definition) is 0. The normalized spacial score (nSPS) is 10.7. The summed E-state index contributed by atoms with van der Waals surface area (Å²) in [7, 11) is 2.99. The molecule has 0 N–H and O–H groups in total. The van der Waals surface area contributed by atoms with Crippen LogP contribution in [0.15, 0.2) is 48.5 Å². The van der Waals surface area contributed by atoms with E-state index in [0.29, 0.717) is 17.9 Å². The maximum atomic E-state index is 12.3. The fourth-order valence-corrected chi connectivity index (χ4v) is 3.02. The van der Waals surface area contributed by atoms with Gasteiger partial charge in [0.1, 0.15) is 11.5 Å². The summed E-state index contributed by atoms with van der Waals surface area (Å²) in [6.07, 6.45) is 7.12. The number of methoxy groups -OCH3 is 2. The van der Waals surface area contributed by atoms with Crippen molar-refractivity contribution in [3.63, 3.8) is 0 Å². The molecule has 0 amide bonds. The third-order valence-corrected chi connectivity index (χ3v) is 4.91. The van der Waals surface area contributed by atoms with E-state index in [1.165, 1.54) is 26.4 Å². The maximum Gasteiger partial charge on any atom is 0.373 e. The average Bonchev–Trinajstić information content (AvgIpc) is 2.88. The van der Waals surface area contributed by atoms with Crippen LogP contribution in [0, 0.1) is 13.2 Å². The van der Waals surface area contributed by atoms with Crippen LogP contribution in [-0.2, 0) is 19.6 Å². The van der Waals surface area contributed by atoms with Crippen LogP contribution in [0.25, 0.3) is 0 Å². The van der Waals surface area contributed by atoms with Crippen LogP contribution in [0.5, 0.6) is 11.5 Å². The number of rotatable bonds is 16. The van der Waals surface area contributed by atoms with E-state index < -0.39 is 11.9 Å². The summed E-state index contributed by atoms with van der Waals surface area (Å²) < 4.78 is 10.2. The molecule has 0 aliphatic heterocycles. The summed E-state index contributed by atoms with van der Waals surface area (Å²) in [5.74, 6) is -0.485. The zero-order valence-electron chi connectivity index (χ0n) is 19.7. The van der Waals surface area contributed by atoms with Crippen LogP contribution in [0.1, 0.15) is 72.1 Å². The zero-order chi connectivity index (χ0) is 24.6. The first kappa shape index (κ1) is 27.1. The number of ether oxygens (including phenoxy) is 2. The highest BCUT2D eigenvalue weighted by Crippen LogP contribution is 2.21. The summed E-state index contributed by atoms with van der Waals surface area (Å²) in [4.78, 5) is 44.7. The summed E-state index contributed by atoms with van der Waals surface area (Å²) in [6, 6.07) is 12.9. The lowest BCUT2D eigenvalue weighted by Gasteiger charge is -2.14. The molecule has 2 aromatic rings. The minimum Gasteiger partial charge on any atom is -0.497 e. The average molecular weight is 473 g/mol. The first-order chi connectivity index (χ1) is 16.6. The minimum atomic E-state index is -0.743. The predicted octanol–water partition coefficient (Wildman–Crippen LogP) is 6.03. The van der Waals surface area contributed by atoms with Gasteiger partial charge >= 0.3 is 18.2 Å². The lowest BCUT2D eigenvalue weighted by molar-refractivity contribution is -0.363. The van der Waals surface area contributed by atoms with E-state index in [0.717, 1.165) is 38.5 Å². The van der Waals surface area contributed by atoms with Gasteiger partial charge in [-0.3, -0.25) is 9.78 Å². The molecule has 0 bridgehead atoms. The summed E-state index contributed by atoms with van der Waals surface area (Å²) in [5, 5.41) is 0. The van der Waals surface area contributed by atoms with Gasteiger partial charge in [0.15, 0.2) is 0 Å². The molecule has 2 radical (unpaired) electrons. The lowest BCUT2D eigenvalue weighted by Crippen LogP contribution is -2.16. The van der Waals surface area contributed by atoms with E-state index in [9.17, 15) is 9.59 Å². The molecule has 0 aliphatic carbocycles. The van der Waals surface area contributed by atoms with Crippen LogP contribution in [0.3, 0.4) is 0 Å². The molecule has 184 valence electrons. The first-order valence-corrected chi connectivity index (χ1v) is 11.3. The highest BCUT2D eigenvalue weighted by Gasteiger charge is 2.22. The van der Waals surface area contributed by atoms with E-state index in [1.54, 1.807) is 36.4 Å². The van der Waals surface area contributed by atoms with Crippen LogP contribution >= 0.6 is 0 Å². The zero-order valence-corrected chi connectivity index (χ0v) is 19.7. The van der Waals surface area contributed by atoms with Crippen LogP contribution < -0.4 is 9.47 Å². The Labute approximate surface area is 200 Å². The smallest absolute Gasteiger partial charge is 0.373 e. The molecule has 0 atom stereocenters. The van der Waals surface area contributed by atoms with Crippen molar-refractivity contribution in [3.8, 4) is 11.5 Å². The summed E-state index contributed by atoms with van der Waals surface area (Å²) in [5.41, 5.74) is 0.468. The highest BCUT2D eigenvalue weighted by atomic mass is 17.3. The first-order valence-electron chi connectivity index (χ1n) is 11.3. The Hall–Kier alpha value is -3.10. The molecular formula is C26H32O8. The van der Waals surface area contributed by atoms with Gasteiger partial charge < -0.3 is 9.47 Å².